The van der Waals surface area contributed by atoms with Crippen molar-refractivity contribution in [1.29, 1.82) is 0 Å². The second-order valence-corrected chi connectivity index (χ2v) is 3.69. The van der Waals surface area contributed by atoms with Gasteiger partial charge in [-0.2, -0.15) is 0 Å². The molecule has 2 fully saturated rings. The minimum atomic E-state index is 0. The summed E-state index contributed by atoms with van der Waals surface area (Å²) in [4.78, 5) is 0. The SMILES string of the molecule is C(=C\C1CCCO1)/C1CCNC1.Cl. The summed E-state index contributed by atoms with van der Waals surface area (Å²) in [6.07, 6.45) is 8.75. The lowest BCUT2D eigenvalue weighted by Gasteiger charge is -2.04. The van der Waals surface area contributed by atoms with Crippen LogP contribution < -0.4 is 5.32 Å². The number of hydrogen-bond donors (Lipinski definition) is 1. The van der Waals surface area contributed by atoms with Crippen LogP contribution >= 0.6 is 12.4 Å². The summed E-state index contributed by atoms with van der Waals surface area (Å²) in [5.41, 5.74) is 0. The first-order chi connectivity index (χ1) is 5.95. The largest absolute Gasteiger partial charge is 0.374 e. The van der Waals surface area contributed by atoms with E-state index in [1.165, 1.54) is 25.8 Å². The molecule has 0 spiro atoms. The lowest BCUT2D eigenvalue weighted by atomic mass is 10.1. The summed E-state index contributed by atoms with van der Waals surface area (Å²) < 4.78 is 5.51. The van der Waals surface area contributed by atoms with Crippen molar-refractivity contribution in [3.8, 4) is 0 Å². The van der Waals surface area contributed by atoms with E-state index in [1.54, 1.807) is 0 Å². The average molecular weight is 204 g/mol. The molecule has 2 heterocycles. The van der Waals surface area contributed by atoms with Gasteiger partial charge in [-0.25, -0.2) is 0 Å². The van der Waals surface area contributed by atoms with E-state index in [1.807, 2.05) is 0 Å². The number of hydrogen-bond acceptors (Lipinski definition) is 2. The van der Waals surface area contributed by atoms with Crippen LogP contribution in [0.4, 0.5) is 0 Å². The highest BCUT2D eigenvalue weighted by atomic mass is 35.5. The first kappa shape index (κ1) is 11.0. The van der Waals surface area contributed by atoms with Gasteiger partial charge in [0, 0.05) is 13.2 Å². The van der Waals surface area contributed by atoms with E-state index >= 15 is 0 Å². The minimum absolute atomic E-state index is 0. The molecule has 2 saturated heterocycles. The molecule has 2 atom stereocenters. The Balaban J connectivity index is 0.000000845. The van der Waals surface area contributed by atoms with Gasteiger partial charge >= 0.3 is 0 Å². The molecule has 2 aliphatic rings. The van der Waals surface area contributed by atoms with E-state index in [2.05, 4.69) is 17.5 Å². The maximum absolute atomic E-state index is 5.51. The molecule has 0 aliphatic carbocycles. The van der Waals surface area contributed by atoms with E-state index in [-0.39, 0.29) is 12.4 Å². The van der Waals surface area contributed by atoms with Crippen molar-refractivity contribution in [2.45, 2.75) is 25.4 Å². The number of rotatable bonds is 2. The molecule has 0 aromatic rings. The zero-order valence-electron chi connectivity index (χ0n) is 7.87. The van der Waals surface area contributed by atoms with Crippen molar-refractivity contribution in [3.05, 3.63) is 12.2 Å². The van der Waals surface area contributed by atoms with Crippen LogP contribution in [0.2, 0.25) is 0 Å². The molecule has 1 N–H and O–H groups in total. The van der Waals surface area contributed by atoms with Crippen LogP contribution in [0.1, 0.15) is 19.3 Å². The fraction of sp³-hybridized carbons (Fsp3) is 0.800. The number of ether oxygens (including phenoxy) is 1. The van der Waals surface area contributed by atoms with Crippen LogP contribution in [-0.2, 0) is 4.74 Å². The summed E-state index contributed by atoms with van der Waals surface area (Å²) in [6.45, 7) is 3.29. The summed E-state index contributed by atoms with van der Waals surface area (Å²) in [5, 5.41) is 3.36. The molecule has 0 amide bonds. The Hall–Kier alpha value is -0.0500. The number of nitrogens with one attached hydrogen (secondary N) is 1. The molecule has 3 heteroatoms. The third-order valence-electron chi connectivity index (χ3n) is 2.66. The summed E-state index contributed by atoms with van der Waals surface area (Å²) in [5.74, 6) is 0.759. The molecule has 2 unspecified atom stereocenters. The minimum Gasteiger partial charge on any atom is -0.374 e. The van der Waals surface area contributed by atoms with Crippen molar-refractivity contribution in [2.75, 3.05) is 19.7 Å². The highest BCUT2D eigenvalue weighted by Crippen LogP contribution is 2.15. The van der Waals surface area contributed by atoms with Crippen LogP contribution in [0, 0.1) is 5.92 Å². The first-order valence-corrected chi connectivity index (χ1v) is 4.96. The maximum Gasteiger partial charge on any atom is 0.0756 e. The Morgan fingerprint density at radius 2 is 2.15 bits per heavy atom. The van der Waals surface area contributed by atoms with Crippen molar-refractivity contribution in [1.82, 2.24) is 5.32 Å². The fourth-order valence-corrected chi connectivity index (χ4v) is 1.88. The van der Waals surface area contributed by atoms with Crippen molar-refractivity contribution in [3.63, 3.8) is 0 Å². The smallest absolute Gasteiger partial charge is 0.0756 e. The van der Waals surface area contributed by atoms with Crippen LogP contribution in [-0.4, -0.2) is 25.8 Å². The molecular weight excluding hydrogens is 186 g/mol. The van der Waals surface area contributed by atoms with E-state index in [0.717, 1.165) is 19.1 Å². The molecule has 2 aliphatic heterocycles. The molecule has 0 saturated carbocycles. The number of halogens is 1. The van der Waals surface area contributed by atoms with Gasteiger partial charge in [0.05, 0.1) is 6.10 Å². The van der Waals surface area contributed by atoms with Gasteiger partial charge in [-0.15, -0.1) is 12.4 Å². The van der Waals surface area contributed by atoms with Gasteiger partial charge in [0.2, 0.25) is 0 Å². The molecule has 76 valence electrons. The zero-order valence-corrected chi connectivity index (χ0v) is 8.69. The van der Waals surface area contributed by atoms with E-state index in [4.69, 9.17) is 4.74 Å². The molecule has 0 aromatic heterocycles. The second-order valence-electron chi connectivity index (χ2n) is 3.69. The van der Waals surface area contributed by atoms with Crippen LogP contribution in [0.3, 0.4) is 0 Å². The molecule has 0 radical (unpaired) electrons. The summed E-state index contributed by atoms with van der Waals surface area (Å²) in [6, 6.07) is 0. The van der Waals surface area contributed by atoms with E-state index in [9.17, 15) is 0 Å². The quantitative estimate of drug-likeness (QED) is 0.691. The molecule has 0 aromatic carbocycles. The monoisotopic (exact) mass is 203 g/mol. The summed E-state index contributed by atoms with van der Waals surface area (Å²) >= 11 is 0. The lowest BCUT2D eigenvalue weighted by molar-refractivity contribution is 0.145. The van der Waals surface area contributed by atoms with Crippen molar-refractivity contribution < 1.29 is 4.74 Å². The summed E-state index contributed by atoms with van der Waals surface area (Å²) in [7, 11) is 0. The highest BCUT2D eigenvalue weighted by Gasteiger charge is 2.14. The standard InChI is InChI=1S/C10H17NO.ClH/c1-2-10(12-7-1)4-3-9-5-6-11-8-9;/h3-4,9-11H,1-2,5-8H2;1H/b4-3+;. The average Bonchev–Trinajstić information content (AvgIpc) is 2.74. The Labute approximate surface area is 86.1 Å². The Bertz CT molecular complexity index is 142. The molecular formula is C10H18ClNO. The second kappa shape index (κ2) is 5.63. The maximum atomic E-state index is 5.51. The lowest BCUT2D eigenvalue weighted by Crippen LogP contribution is -2.08. The normalized spacial score (nSPS) is 33.8. The van der Waals surface area contributed by atoms with Gasteiger partial charge in [0.25, 0.3) is 0 Å². The fourth-order valence-electron chi connectivity index (χ4n) is 1.88. The Kier molecular flexibility index (Phi) is 4.78. The third-order valence-corrected chi connectivity index (χ3v) is 2.66. The zero-order chi connectivity index (χ0) is 8.23. The van der Waals surface area contributed by atoms with Crippen molar-refractivity contribution in [2.24, 2.45) is 5.92 Å². The molecule has 13 heavy (non-hydrogen) atoms. The van der Waals surface area contributed by atoms with Gasteiger partial charge in [0.15, 0.2) is 0 Å². The van der Waals surface area contributed by atoms with Crippen LogP contribution in [0.15, 0.2) is 12.2 Å². The van der Waals surface area contributed by atoms with Crippen molar-refractivity contribution >= 4 is 12.4 Å². The van der Waals surface area contributed by atoms with E-state index < -0.39 is 0 Å². The Morgan fingerprint density at radius 3 is 2.77 bits per heavy atom. The molecule has 0 bridgehead atoms. The topological polar surface area (TPSA) is 21.3 Å². The van der Waals surface area contributed by atoms with Gasteiger partial charge in [0.1, 0.15) is 0 Å². The highest BCUT2D eigenvalue weighted by molar-refractivity contribution is 5.85. The van der Waals surface area contributed by atoms with Gasteiger partial charge in [-0.05, 0) is 31.7 Å². The van der Waals surface area contributed by atoms with Crippen LogP contribution in [0.5, 0.6) is 0 Å². The first-order valence-electron chi connectivity index (χ1n) is 4.96. The van der Waals surface area contributed by atoms with E-state index in [0.29, 0.717) is 6.10 Å². The molecule has 2 rings (SSSR count). The molecule has 2 nitrogen and oxygen atoms in total. The van der Waals surface area contributed by atoms with Gasteiger partial charge < -0.3 is 10.1 Å². The van der Waals surface area contributed by atoms with Gasteiger partial charge in [-0.1, -0.05) is 12.2 Å². The Morgan fingerprint density at radius 1 is 1.23 bits per heavy atom. The predicted octanol–water partition coefficient (Wildman–Crippen LogP) is 1.75. The van der Waals surface area contributed by atoms with Crippen LogP contribution in [0.25, 0.3) is 0 Å². The van der Waals surface area contributed by atoms with Gasteiger partial charge in [-0.3, -0.25) is 0 Å². The predicted molar refractivity (Wildman–Crippen MR) is 56.3 cm³/mol. The third kappa shape index (κ3) is 3.29.